The Labute approximate surface area is 446 Å². The molecule has 0 bridgehead atoms. The Bertz CT molecular complexity index is 4200. The third-order valence-corrected chi connectivity index (χ3v) is 17.9. The minimum absolute atomic E-state index is 0.0873. The number of benzene rings is 11. The van der Waals surface area contributed by atoms with Crippen LogP contribution >= 0.6 is 23.5 Å². The summed E-state index contributed by atoms with van der Waals surface area (Å²) in [4.78, 5) is 9.40. The molecule has 6 heterocycles. The fourth-order valence-corrected chi connectivity index (χ4v) is 14.9. The molecule has 0 fully saturated rings. The predicted molar refractivity (Wildman–Crippen MR) is 314 cm³/mol. The van der Waals surface area contributed by atoms with Gasteiger partial charge in [0.1, 0.15) is 22.7 Å². The lowest BCUT2D eigenvalue weighted by molar-refractivity contribution is 0.480. The van der Waals surface area contributed by atoms with Crippen molar-refractivity contribution in [3.63, 3.8) is 0 Å². The van der Waals surface area contributed by atoms with Crippen LogP contribution in [-0.4, -0.2) is 13.4 Å². The summed E-state index contributed by atoms with van der Waals surface area (Å²) in [5.74, 6) is 3.27. The number of furan rings is 2. The average Bonchev–Trinajstić information content (AvgIpc) is 4.09. The fourth-order valence-electron chi connectivity index (χ4n) is 12.4. The van der Waals surface area contributed by atoms with E-state index in [4.69, 9.17) is 18.3 Å². The predicted octanol–water partition coefficient (Wildman–Crippen LogP) is 14.6. The molecule has 4 aliphatic heterocycles. The second-order valence-corrected chi connectivity index (χ2v) is 22.0. The lowest BCUT2D eigenvalue weighted by atomic mass is 9.32. The van der Waals surface area contributed by atoms with Crippen LogP contribution in [0.5, 0.6) is 23.0 Å². The van der Waals surface area contributed by atoms with Crippen LogP contribution in [0.2, 0.25) is 0 Å². The van der Waals surface area contributed by atoms with Gasteiger partial charge in [0.05, 0.1) is 0 Å². The van der Waals surface area contributed by atoms with E-state index < -0.39 is 0 Å². The first-order valence-electron chi connectivity index (χ1n) is 25.6. The van der Waals surface area contributed by atoms with Crippen LogP contribution in [-0.2, 0) is 0 Å². The van der Waals surface area contributed by atoms with Crippen molar-refractivity contribution in [2.45, 2.75) is 19.6 Å². The van der Waals surface area contributed by atoms with Gasteiger partial charge < -0.3 is 28.1 Å². The summed E-state index contributed by atoms with van der Waals surface area (Å²) in [5.41, 5.74) is 16.6. The molecule has 0 unspecified atom stereocenters. The topological polar surface area (TPSA) is 51.2 Å². The standard InChI is InChI=1S/C66H38B2N2O4S2/c1-5-17-39(18-6-1)69(40-19-7-2-8-20-40)43-29-31-45-47-35-59-61-65(63(47)73-55(45)33-43)71-53-27-15-13-25-49(53)67(61)51-37-52-58(38-57(51)75-59)76-60-36-48-46-32-30-44(70(41-21-9-3-10-22-41)42-23-11-4-12-24-42)34-56(46)74-64(48)66-62(60)68(52)50-26-14-16-28-54(50)72-66/h1-38H. The van der Waals surface area contributed by atoms with Crippen molar-refractivity contribution in [3.05, 3.63) is 231 Å². The lowest BCUT2D eigenvalue weighted by Gasteiger charge is -2.36. The minimum atomic E-state index is -0.0873. The molecule has 17 rings (SSSR count). The Morgan fingerprint density at radius 2 is 0.684 bits per heavy atom. The largest absolute Gasteiger partial charge is 0.454 e. The van der Waals surface area contributed by atoms with Gasteiger partial charge in [-0.15, -0.1) is 0 Å². The fraction of sp³-hybridized carbons (Fsp3) is 0. The molecule has 10 heteroatoms. The molecule has 76 heavy (non-hydrogen) atoms. The van der Waals surface area contributed by atoms with E-state index >= 15 is 0 Å². The first kappa shape index (κ1) is 42.4. The highest BCUT2D eigenvalue weighted by atomic mass is 32.2. The molecule has 0 aliphatic carbocycles. The van der Waals surface area contributed by atoms with E-state index in [2.05, 4.69) is 240 Å². The highest BCUT2D eigenvalue weighted by Crippen LogP contribution is 2.49. The van der Waals surface area contributed by atoms with E-state index in [-0.39, 0.29) is 13.4 Å². The second kappa shape index (κ2) is 16.3. The molecule has 0 atom stereocenters. The Kier molecular flexibility index (Phi) is 9.08. The van der Waals surface area contributed by atoms with Gasteiger partial charge in [0, 0.05) is 87.4 Å². The summed E-state index contributed by atoms with van der Waals surface area (Å²) in [6.45, 7) is -0.175. The molecule has 13 aromatic rings. The van der Waals surface area contributed by atoms with Gasteiger partial charge >= 0.3 is 0 Å². The van der Waals surface area contributed by atoms with E-state index in [0.717, 1.165) is 123 Å². The van der Waals surface area contributed by atoms with Gasteiger partial charge in [0.15, 0.2) is 22.7 Å². The molecule has 4 aliphatic rings. The summed E-state index contributed by atoms with van der Waals surface area (Å²) in [6, 6.07) is 81.9. The van der Waals surface area contributed by atoms with E-state index in [0.29, 0.717) is 0 Å². The van der Waals surface area contributed by atoms with Crippen molar-refractivity contribution in [1.82, 2.24) is 0 Å². The van der Waals surface area contributed by atoms with Gasteiger partial charge in [0.25, 0.3) is 13.4 Å². The third-order valence-electron chi connectivity index (χ3n) is 15.6. The van der Waals surface area contributed by atoms with E-state index in [1.165, 1.54) is 30.5 Å². The van der Waals surface area contributed by atoms with Gasteiger partial charge in [-0.2, -0.15) is 0 Å². The Balaban J connectivity index is 0.824. The monoisotopic (exact) mass is 1010 g/mol. The minimum Gasteiger partial charge on any atom is -0.454 e. The van der Waals surface area contributed by atoms with Crippen LogP contribution in [0.15, 0.2) is 259 Å². The molecule has 0 N–H and O–H groups in total. The van der Waals surface area contributed by atoms with Crippen LogP contribution < -0.4 is 52.1 Å². The van der Waals surface area contributed by atoms with Gasteiger partial charge in [-0.3, -0.25) is 0 Å². The molecule has 0 amide bonds. The summed E-state index contributed by atoms with van der Waals surface area (Å²) in [5, 5.41) is 4.18. The van der Waals surface area contributed by atoms with Crippen LogP contribution in [0.3, 0.4) is 0 Å². The normalized spacial score (nSPS) is 13.3. The van der Waals surface area contributed by atoms with Gasteiger partial charge in [-0.05, 0) is 125 Å². The molecule has 0 saturated carbocycles. The average molecular weight is 1010 g/mol. The highest BCUT2D eigenvalue weighted by molar-refractivity contribution is 8.01. The number of fused-ring (bicyclic) bond motifs is 16. The van der Waals surface area contributed by atoms with Crippen LogP contribution in [0.4, 0.5) is 34.1 Å². The molecule has 11 aromatic carbocycles. The Hall–Kier alpha value is -8.95. The number of ether oxygens (including phenoxy) is 2. The smallest absolute Gasteiger partial charge is 0.254 e. The number of rotatable bonds is 6. The molecule has 0 saturated heterocycles. The zero-order valence-corrected chi connectivity index (χ0v) is 42.1. The van der Waals surface area contributed by atoms with Crippen LogP contribution in [0.1, 0.15) is 0 Å². The number of hydrogen-bond donors (Lipinski definition) is 0. The second-order valence-electron chi connectivity index (χ2n) is 19.8. The number of hydrogen-bond acceptors (Lipinski definition) is 8. The molecule has 2 aromatic heterocycles. The van der Waals surface area contributed by atoms with Crippen molar-refractivity contribution in [2.24, 2.45) is 0 Å². The highest BCUT2D eigenvalue weighted by Gasteiger charge is 2.45. The van der Waals surface area contributed by atoms with Gasteiger partial charge in [-0.1, -0.05) is 150 Å². The van der Waals surface area contributed by atoms with Gasteiger partial charge in [0.2, 0.25) is 0 Å². The SMILES string of the molecule is c1ccc(N(c2ccccc2)c2ccc3c(c2)oc2c4c5c(cc23)Sc2cc3c(cc2B5c2ccccc2O4)B2c4ccccc4Oc4c2c(cc2c4oc4cc(N(c5ccccc5)c5ccccc5)ccc42)S3)cc1. The Morgan fingerprint density at radius 3 is 1.09 bits per heavy atom. The Morgan fingerprint density at radius 1 is 0.303 bits per heavy atom. The molecule has 354 valence electrons. The number of anilines is 6. The van der Waals surface area contributed by atoms with Crippen molar-refractivity contribution < 1.29 is 18.3 Å². The zero-order valence-electron chi connectivity index (χ0n) is 40.4. The molecular formula is C66H38B2N2O4S2. The first-order chi connectivity index (χ1) is 37.7. The third kappa shape index (κ3) is 6.22. The number of para-hydroxylation sites is 6. The zero-order chi connectivity index (χ0) is 49.6. The van der Waals surface area contributed by atoms with Crippen LogP contribution in [0.25, 0.3) is 43.9 Å². The summed E-state index contributed by atoms with van der Waals surface area (Å²) in [7, 11) is 0. The molecule has 0 spiro atoms. The van der Waals surface area contributed by atoms with Crippen molar-refractivity contribution in [3.8, 4) is 23.0 Å². The molecule has 0 radical (unpaired) electrons. The number of nitrogens with zero attached hydrogens (tertiary/aromatic N) is 2. The maximum atomic E-state index is 7.05. The first-order valence-corrected chi connectivity index (χ1v) is 27.2. The maximum Gasteiger partial charge on any atom is 0.254 e. The summed E-state index contributed by atoms with van der Waals surface area (Å²) in [6.07, 6.45) is 0. The summed E-state index contributed by atoms with van der Waals surface area (Å²) < 4.78 is 28.2. The van der Waals surface area contributed by atoms with Crippen LogP contribution in [0, 0.1) is 0 Å². The van der Waals surface area contributed by atoms with Gasteiger partial charge in [-0.25, -0.2) is 0 Å². The summed E-state index contributed by atoms with van der Waals surface area (Å²) >= 11 is 3.68. The van der Waals surface area contributed by atoms with Crippen molar-refractivity contribution in [2.75, 3.05) is 9.80 Å². The van der Waals surface area contributed by atoms with Crippen molar-refractivity contribution >= 4 is 148 Å². The van der Waals surface area contributed by atoms with E-state index in [9.17, 15) is 0 Å². The maximum absolute atomic E-state index is 7.05. The quantitative estimate of drug-likeness (QED) is 0.153. The van der Waals surface area contributed by atoms with E-state index in [1.54, 1.807) is 0 Å². The molecular weight excluding hydrogens is 970 g/mol. The molecule has 6 nitrogen and oxygen atoms in total. The van der Waals surface area contributed by atoms with E-state index in [1.807, 2.05) is 23.5 Å². The van der Waals surface area contributed by atoms with Crippen molar-refractivity contribution in [1.29, 1.82) is 0 Å². The lowest BCUT2D eigenvalue weighted by Crippen LogP contribution is -2.62.